The molecule has 0 bridgehead atoms. The maximum absolute atomic E-state index is 2.39. The van der Waals surface area contributed by atoms with E-state index in [-0.39, 0.29) is 0 Å². The largest absolute Gasteiger partial charge is 0.310 e. The van der Waals surface area contributed by atoms with Crippen molar-refractivity contribution in [3.63, 3.8) is 0 Å². The molecule has 0 amide bonds. The number of rotatable bonds is 6. The zero-order chi connectivity index (χ0) is 35.1. The lowest BCUT2D eigenvalue weighted by Gasteiger charge is -2.28. The molecule has 0 spiro atoms. The number of anilines is 3. The van der Waals surface area contributed by atoms with Gasteiger partial charge in [0.1, 0.15) is 0 Å². The highest BCUT2D eigenvalue weighted by molar-refractivity contribution is 6.27. The molecule has 0 heterocycles. The molecule has 0 aliphatic heterocycles. The molecule has 0 aromatic heterocycles. The van der Waals surface area contributed by atoms with E-state index in [4.69, 9.17) is 0 Å². The van der Waals surface area contributed by atoms with Crippen molar-refractivity contribution in [3.05, 3.63) is 212 Å². The Morgan fingerprint density at radius 3 is 1.30 bits per heavy atom. The third-order valence-corrected chi connectivity index (χ3v) is 10.6. The van der Waals surface area contributed by atoms with Crippen molar-refractivity contribution in [2.75, 3.05) is 4.90 Å². The van der Waals surface area contributed by atoms with Crippen LogP contribution >= 0.6 is 0 Å². The average Bonchev–Trinajstić information content (AvgIpc) is 3.24. The molecule has 10 rings (SSSR count). The Kier molecular flexibility index (Phi) is 7.55. The van der Waals surface area contributed by atoms with Gasteiger partial charge in [0, 0.05) is 16.9 Å². The summed E-state index contributed by atoms with van der Waals surface area (Å²) < 4.78 is 0. The Morgan fingerprint density at radius 2 is 0.698 bits per heavy atom. The zero-order valence-corrected chi connectivity index (χ0v) is 29.2. The SMILES string of the molecule is c1ccc(-c2ccc(N(c3ccc(-c4ccccc4)cc3)c3ccccc3-c3ccc4c(ccc5ccc6ccc7ccccc7c6c54)c3)cc2)cc1. The maximum atomic E-state index is 2.39. The monoisotopic (exact) mass is 673 g/mol. The van der Waals surface area contributed by atoms with Gasteiger partial charge in [-0.2, -0.15) is 0 Å². The van der Waals surface area contributed by atoms with Gasteiger partial charge < -0.3 is 4.90 Å². The van der Waals surface area contributed by atoms with E-state index in [0.717, 1.165) is 17.1 Å². The quantitative estimate of drug-likeness (QED) is 0.159. The minimum Gasteiger partial charge on any atom is -0.310 e. The fraction of sp³-hybridized carbons (Fsp3) is 0. The van der Waals surface area contributed by atoms with Crippen LogP contribution < -0.4 is 4.90 Å². The smallest absolute Gasteiger partial charge is 0.0540 e. The number of fused-ring (bicyclic) bond motifs is 7. The van der Waals surface area contributed by atoms with Crippen molar-refractivity contribution in [1.29, 1.82) is 0 Å². The van der Waals surface area contributed by atoms with Crippen LogP contribution in [0.4, 0.5) is 17.1 Å². The third-order valence-electron chi connectivity index (χ3n) is 10.6. The average molecular weight is 674 g/mol. The first-order valence-corrected chi connectivity index (χ1v) is 18.3. The topological polar surface area (TPSA) is 3.24 Å². The van der Waals surface area contributed by atoms with Crippen LogP contribution in [0.3, 0.4) is 0 Å². The second-order valence-corrected chi connectivity index (χ2v) is 13.7. The van der Waals surface area contributed by atoms with Crippen LogP contribution in [0.25, 0.3) is 76.5 Å². The van der Waals surface area contributed by atoms with Gasteiger partial charge in [-0.05, 0) is 107 Å². The lowest BCUT2D eigenvalue weighted by molar-refractivity contribution is 1.28. The summed E-state index contributed by atoms with van der Waals surface area (Å²) >= 11 is 0. The molecule has 0 fully saturated rings. The Morgan fingerprint density at radius 1 is 0.264 bits per heavy atom. The number of hydrogen-bond donors (Lipinski definition) is 0. The molecule has 0 radical (unpaired) electrons. The highest BCUT2D eigenvalue weighted by Gasteiger charge is 2.18. The number of benzene rings is 10. The minimum atomic E-state index is 1.11. The van der Waals surface area contributed by atoms with E-state index in [1.807, 2.05) is 0 Å². The normalized spacial score (nSPS) is 11.4. The first-order valence-electron chi connectivity index (χ1n) is 18.3. The van der Waals surface area contributed by atoms with Gasteiger partial charge in [0.05, 0.1) is 5.69 Å². The van der Waals surface area contributed by atoms with Crippen molar-refractivity contribution in [1.82, 2.24) is 0 Å². The van der Waals surface area contributed by atoms with Crippen LogP contribution in [0.1, 0.15) is 0 Å². The summed E-state index contributed by atoms with van der Waals surface area (Å²) in [5.41, 5.74) is 10.5. The minimum absolute atomic E-state index is 1.11. The molecule has 10 aromatic carbocycles. The summed E-state index contributed by atoms with van der Waals surface area (Å²) in [5.74, 6) is 0. The second-order valence-electron chi connectivity index (χ2n) is 13.7. The molecule has 53 heavy (non-hydrogen) atoms. The van der Waals surface area contributed by atoms with Crippen molar-refractivity contribution in [3.8, 4) is 33.4 Å². The molecular formula is C52H35N. The van der Waals surface area contributed by atoms with Gasteiger partial charge in [0.2, 0.25) is 0 Å². The summed E-state index contributed by atoms with van der Waals surface area (Å²) in [6.45, 7) is 0. The molecule has 0 saturated carbocycles. The predicted octanol–water partition coefficient (Wildman–Crippen LogP) is 14.8. The summed E-state index contributed by atoms with van der Waals surface area (Å²) in [6.07, 6.45) is 0. The fourth-order valence-corrected chi connectivity index (χ4v) is 8.03. The molecule has 0 N–H and O–H groups in total. The van der Waals surface area contributed by atoms with Crippen LogP contribution in [0.5, 0.6) is 0 Å². The van der Waals surface area contributed by atoms with Gasteiger partial charge in [0.25, 0.3) is 0 Å². The van der Waals surface area contributed by atoms with Crippen molar-refractivity contribution in [2.24, 2.45) is 0 Å². The lowest BCUT2D eigenvalue weighted by Crippen LogP contribution is -2.11. The molecule has 0 aliphatic carbocycles. The van der Waals surface area contributed by atoms with E-state index in [1.54, 1.807) is 0 Å². The van der Waals surface area contributed by atoms with Crippen LogP contribution in [0, 0.1) is 0 Å². The second kappa shape index (κ2) is 13.0. The third kappa shape index (κ3) is 5.51. The van der Waals surface area contributed by atoms with Gasteiger partial charge in [-0.15, -0.1) is 0 Å². The summed E-state index contributed by atoms with van der Waals surface area (Å²) in [5, 5.41) is 10.2. The summed E-state index contributed by atoms with van der Waals surface area (Å²) in [7, 11) is 0. The van der Waals surface area contributed by atoms with E-state index in [9.17, 15) is 0 Å². The van der Waals surface area contributed by atoms with E-state index < -0.39 is 0 Å². The molecule has 0 unspecified atom stereocenters. The molecule has 0 aliphatic rings. The van der Waals surface area contributed by atoms with Crippen molar-refractivity contribution >= 4 is 60.2 Å². The Hall–Kier alpha value is -6.96. The number of nitrogens with zero attached hydrogens (tertiary/aromatic N) is 1. The summed E-state index contributed by atoms with van der Waals surface area (Å²) in [4.78, 5) is 2.39. The van der Waals surface area contributed by atoms with Crippen molar-refractivity contribution < 1.29 is 0 Å². The first-order chi connectivity index (χ1) is 26.3. The van der Waals surface area contributed by atoms with Crippen LogP contribution in [-0.4, -0.2) is 0 Å². The Balaban J connectivity index is 1.13. The first kappa shape index (κ1) is 30.8. The molecule has 10 aromatic rings. The molecule has 1 nitrogen and oxygen atoms in total. The molecular weight excluding hydrogens is 639 g/mol. The van der Waals surface area contributed by atoms with Crippen LogP contribution in [-0.2, 0) is 0 Å². The Bertz CT molecular complexity index is 2820. The zero-order valence-electron chi connectivity index (χ0n) is 29.2. The lowest BCUT2D eigenvalue weighted by atomic mass is 9.91. The van der Waals surface area contributed by atoms with Gasteiger partial charge in [-0.1, -0.05) is 176 Å². The number of para-hydroxylation sites is 1. The Labute approximate surface area is 309 Å². The molecule has 1 heteroatoms. The van der Waals surface area contributed by atoms with Gasteiger partial charge in [-0.3, -0.25) is 0 Å². The predicted molar refractivity (Wildman–Crippen MR) is 227 cm³/mol. The van der Waals surface area contributed by atoms with E-state index in [0.29, 0.717) is 0 Å². The highest BCUT2D eigenvalue weighted by atomic mass is 15.1. The van der Waals surface area contributed by atoms with Crippen molar-refractivity contribution in [2.45, 2.75) is 0 Å². The van der Waals surface area contributed by atoms with Gasteiger partial charge in [0.15, 0.2) is 0 Å². The molecule has 0 atom stereocenters. The standard InChI is InChI=1S/C52H35N/c1-3-11-36(12-4-1)38-25-30-45(31-26-38)53(46-32-27-39(28-33-46)37-13-5-2-6-14-37)50-18-10-9-16-47(50)43-29-34-49-44(35-43)24-23-42-22-21-41-20-19-40-15-7-8-17-48(40)51(41)52(42)49/h1-35H. The summed E-state index contributed by atoms with van der Waals surface area (Å²) in [6, 6.07) is 77.2. The molecule has 248 valence electrons. The van der Waals surface area contributed by atoms with Gasteiger partial charge in [-0.25, -0.2) is 0 Å². The van der Waals surface area contributed by atoms with E-state index >= 15 is 0 Å². The molecule has 0 saturated heterocycles. The van der Waals surface area contributed by atoms with E-state index in [1.165, 1.54) is 76.5 Å². The van der Waals surface area contributed by atoms with Crippen LogP contribution in [0.15, 0.2) is 212 Å². The van der Waals surface area contributed by atoms with Gasteiger partial charge >= 0.3 is 0 Å². The van der Waals surface area contributed by atoms with E-state index in [2.05, 4.69) is 217 Å². The fourth-order valence-electron chi connectivity index (χ4n) is 8.03. The highest BCUT2D eigenvalue weighted by Crippen LogP contribution is 2.43. The number of hydrogen-bond acceptors (Lipinski definition) is 1. The maximum Gasteiger partial charge on any atom is 0.0540 e. The van der Waals surface area contributed by atoms with Crippen LogP contribution in [0.2, 0.25) is 0 Å².